The summed E-state index contributed by atoms with van der Waals surface area (Å²) in [5.74, 6) is 0. The summed E-state index contributed by atoms with van der Waals surface area (Å²) < 4.78 is 5.35. The van der Waals surface area contributed by atoms with Gasteiger partial charge in [0, 0.05) is 47.6 Å². The predicted octanol–water partition coefficient (Wildman–Crippen LogP) is 3.48. The van der Waals surface area contributed by atoms with Gasteiger partial charge in [0.05, 0.1) is 24.9 Å². The lowest BCUT2D eigenvalue weighted by atomic mass is 9.78. The molecule has 4 aromatic rings. The maximum absolute atomic E-state index is 9.15. The molecule has 1 spiro atoms. The molecule has 2 fully saturated rings. The van der Waals surface area contributed by atoms with Gasteiger partial charge in [0.1, 0.15) is 17.4 Å². The lowest BCUT2D eigenvalue weighted by Crippen LogP contribution is -2.65. The number of nitrogens with one attached hydrogen (secondary N) is 1. The molecule has 0 bridgehead atoms. The van der Waals surface area contributed by atoms with Crippen LogP contribution in [0.3, 0.4) is 0 Å². The smallest absolute Gasteiger partial charge is 0.141 e. The number of ether oxygens (including phenoxy) is 1. The van der Waals surface area contributed by atoms with Crippen LogP contribution in [0.25, 0.3) is 33.1 Å². The summed E-state index contributed by atoms with van der Waals surface area (Å²) in [4.78, 5) is 14.5. The lowest BCUT2D eigenvalue weighted by molar-refractivity contribution is -0.191. The molecule has 1 aromatic carbocycles. The summed E-state index contributed by atoms with van der Waals surface area (Å²) in [7, 11) is 0. The predicted molar refractivity (Wildman–Crippen MR) is 110 cm³/mol. The summed E-state index contributed by atoms with van der Waals surface area (Å²) in [5, 5.41) is 11.1. The van der Waals surface area contributed by atoms with E-state index in [9.17, 15) is 0 Å². The van der Waals surface area contributed by atoms with Gasteiger partial charge >= 0.3 is 0 Å². The Morgan fingerprint density at radius 2 is 1.86 bits per heavy atom. The SMILES string of the molecule is N#Cc1cc2c(cn1)[nH]c1ncc(-c3ccc(CN4CC5(COC5)C4)cc3)cc12. The first kappa shape index (κ1) is 16.7. The zero-order valence-corrected chi connectivity index (χ0v) is 15.9. The van der Waals surface area contributed by atoms with Crippen LogP contribution in [0, 0.1) is 16.7 Å². The first-order chi connectivity index (χ1) is 14.2. The number of aromatic amines is 1. The molecule has 0 amide bonds. The normalized spacial score (nSPS) is 17.9. The van der Waals surface area contributed by atoms with E-state index in [1.807, 2.05) is 12.3 Å². The van der Waals surface area contributed by atoms with Gasteiger partial charge in [-0.1, -0.05) is 24.3 Å². The molecular formula is C23H19N5O. The Kier molecular flexibility index (Phi) is 3.51. The molecule has 5 heterocycles. The summed E-state index contributed by atoms with van der Waals surface area (Å²) >= 11 is 0. The molecule has 0 atom stereocenters. The number of fused-ring (bicyclic) bond motifs is 3. The van der Waals surface area contributed by atoms with Crippen molar-refractivity contribution in [1.82, 2.24) is 19.9 Å². The van der Waals surface area contributed by atoms with E-state index in [0.29, 0.717) is 11.1 Å². The minimum absolute atomic E-state index is 0.411. The van der Waals surface area contributed by atoms with Crippen LogP contribution in [0.2, 0.25) is 0 Å². The molecule has 0 unspecified atom stereocenters. The molecular weight excluding hydrogens is 362 g/mol. The molecule has 29 heavy (non-hydrogen) atoms. The van der Waals surface area contributed by atoms with Gasteiger partial charge in [-0.2, -0.15) is 5.26 Å². The number of H-pyrrole nitrogens is 1. The highest BCUT2D eigenvalue weighted by atomic mass is 16.5. The number of likely N-dealkylation sites (tertiary alicyclic amines) is 1. The monoisotopic (exact) mass is 381 g/mol. The first-order valence-corrected chi connectivity index (χ1v) is 9.78. The Labute approximate surface area is 167 Å². The number of pyridine rings is 2. The van der Waals surface area contributed by atoms with Gasteiger partial charge in [0.2, 0.25) is 0 Å². The highest BCUT2D eigenvalue weighted by Crippen LogP contribution is 2.38. The van der Waals surface area contributed by atoms with Gasteiger partial charge in [-0.15, -0.1) is 0 Å². The van der Waals surface area contributed by atoms with Crippen LogP contribution in [0.1, 0.15) is 11.3 Å². The molecule has 6 heteroatoms. The third-order valence-electron chi connectivity index (χ3n) is 6.08. The number of nitriles is 1. The van der Waals surface area contributed by atoms with Crippen LogP contribution in [-0.4, -0.2) is 46.2 Å². The molecule has 2 saturated heterocycles. The van der Waals surface area contributed by atoms with Crippen molar-refractivity contribution < 1.29 is 4.74 Å². The van der Waals surface area contributed by atoms with E-state index in [1.165, 1.54) is 5.56 Å². The van der Waals surface area contributed by atoms with Crippen molar-refractivity contribution in [3.63, 3.8) is 0 Å². The number of hydrogen-bond acceptors (Lipinski definition) is 5. The fourth-order valence-corrected chi connectivity index (χ4v) is 4.54. The maximum atomic E-state index is 9.15. The number of hydrogen-bond donors (Lipinski definition) is 1. The fraction of sp³-hybridized carbons (Fsp3) is 0.261. The zero-order valence-electron chi connectivity index (χ0n) is 15.9. The van der Waals surface area contributed by atoms with Gasteiger partial charge in [-0.25, -0.2) is 9.97 Å². The Hall–Kier alpha value is -3.27. The van der Waals surface area contributed by atoms with Gasteiger partial charge in [-0.3, -0.25) is 4.90 Å². The molecule has 2 aliphatic heterocycles. The number of aromatic nitrogens is 3. The van der Waals surface area contributed by atoms with Gasteiger partial charge in [-0.05, 0) is 23.3 Å². The van der Waals surface area contributed by atoms with E-state index in [1.54, 1.807) is 6.20 Å². The summed E-state index contributed by atoms with van der Waals surface area (Å²) in [6, 6.07) is 14.8. The van der Waals surface area contributed by atoms with Crippen molar-refractivity contribution in [1.29, 1.82) is 5.26 Å². The fourth-order valence-electron chi connectivity index (χ4n) is 4.54. The minimum atomic E-state index is 0.411. The summed E-state index contributed by atoms with van der Waals surface area (Å²) in [5.41, 5.74) is 6.10. The van der Waals surface area contributed by atoms with Gasteiger partial charge in [0.25, 0.3) is 0 Å². The average Bonchev–Trinajstić information content (AvgIpc) is 3.06. The highest BCUT2D eigenvalue weighted by molar-refractivity contribution is 6.06. The molecule has 3 aromatic heterocycles. The number of nitrogens with zero attached hydrogens (tertiary/aromatic N) is 4. The molecule has 2 aliphatic rings. The summed E-state index contributed by atoms with van der Waals surface area (Å²) in [6.07, 6.45) is 3.58. The van der Waals surface area contributed by atoms with Crippen molar-refractivity contribution in [2.45, 2.75) is 6.54 Å². The van der Waals surface area contributed by atoms with E-state index in [0.717, 1.165) is 65.9 Å². The van der Waals surface area contributed by atoms with E-state index >= 15 is 0 Å². The van der Waals surface area contributed by atoms with E-state index < -0.39 is 0 Å². The second-order valence-electron chi connectivity index (χ2n) is 8.31. The molecule has 1 N–H and O–H groups in total. The van der Waals surface area contributed by atoms with Crippen LogP contribution in [0.15, 0.2) is 48.8 Å². The van der Waals surface area contributed by atoms with E-state index in [2.05, 4.69) is 56.3 Å². The molecule has 0 aliphatic carbocycles. The van der Waals surface area contributed by atoms with Crippen LogP contribution in [0.4, 0.5) is 0 Å². The Balaban J connectivity index is 1.27. The zero-order chi connectivity index (χ0) is 19.4. The third kappa shape index (κ3) is 2.70. The number of rotatable bonds is 3. The van der Waals surface area contributed by atoms with E-state index in [-0.39, 0.29) is 0 Å². The second-order valence-corrected chi connectivity index (χ2v) is 8.31. The standard InChI is InChI=1S/C23H19N5O/c24-7-18-6-19-20-5-17(8-26-22(20)27-21(19)9-25-18)16-3-1-15(2-4-16)10-28-11-23(12-28)13-29-14-23/h1-6,8-9H,10-14H2,(H,26,27). The minimum Gasteiger partial charge on any atom is -0.380 e. The Morgan fingerprint density at radius 3 is 2.59 bits per heavy atom. The van der Waals surface area contributed by atoms with Crippen LogP contribution >= 0.6 is 0 Å². The van der Waals surface area contributed by atoms with Crippen LogP contribution in [-0.2, 0) is 11.3 Å². The van der Waals surface area contributed by atoms with E-state index in [4.69, 9.17) is 10.00 Å². The second kappa shape index (κ2) is 6.11. The van der Waals surface area contributed by atoms with Crippen molar-refractivity contribution in [2.75, 3.05) is 26.3 Å². The Morgan fingerprint density at radius 1 is 1.03 bits per heavy atom. The van der Waals surface area contributed by atoms with Gasteiger partial charge < -0.3 is 9.72 Å². The van der Waals surface area contributed by atoms with Crippen LogP contribution in [0.5, 0.6) is 0 Å². The topological polar surface area (TPSA) is 77.8 Å². The lowest BCUT2D eigenvalue weighted by Gasteiger charge is -2.55. The molecule has 142 valence electrons. The molecule has 0 saturated carbocycles. The average molecular weight is 381 g/mol. The molecule has 6 rings (SSSR count). The van der Waals surface area contributed by atoms with Crippen molar-refractivity contribution in [2.24, 2.45) is 5.41 Å². The maximum Gasteiger partial charge on any atom is 0.141 e. The molecule has 0 radical (unpaired) electrons. The highest BCUT2D eigenvalue weighted by Gasteiger charge is 2.48. The largest absolute Gasteiger partial charge is 0.380 e. The number of benzene rings is 1. The van der Waals surface area contributed by atoms with Gasteiger partial charge in [0.15, 0.2) is 0 Å². The van der Waals surface area contributed by atoms with Crippen molar-refractivity contribution >= 4 is 21.9 Å². The summed E-state index contributed by atoms with van der Waals surface area (Å²) in [6.45, 7) is 5.14. The quantitative estimate of drug-likeness (QED) is 0.588. The van der Waals surface area contributed by atoms with Crippen LogP contribution < -0.4 is 0 Å². The Bertz CT molecular complexity index is 1270. The van der Waals surface area contributed by atoms with Crippen molar-refractivity contribution in [3.05, 3.63) is 60.0 Å². The first-order valence-electron chi connectivity index (χ1n) is 9.78. The van der Waals surface area contributed by atoms with Crippen molar-refractivity contribution in [3.8, 4) is 17.2 Å². The third-order valence-corrected chi connectivity index (χ3v) is 6.08. The molecule has 6 nitrogen and oxygen atoms in total.